The molecule has 0 fully saturated rings. The Morgan fingerprint density at radius 1 is 1.12 bits per heavy atom. The number of halogens is 3. The molecular weight excluding hydrogens is 421 g/mol. The van der Waals surface area contributed by atoms with Gasteiger partial charge in [-0.05, 0) is 37.9 Å². The summed E-state index contributed by atoms with van der Waals surface area (Å²) in [6.07, 6.45) is 1.01. The maximum atomic E-state index is 14.6. The van der Waals surface area contributed by atoms with E-state index in [1.54, 1.807) is 4.57 Å². The van der Waals surface area contributed by atoms with Gasteiger partial charge in [0.25, 0.3) is 0 Å². The van der Waals surface area contributed by atoms with Gasteiger partial charge in [-0.25, -0.2) is 18.2 Å². The third kappa shape index (κ3) is 5.20. The largest absolute Gasteiger partial charge is 0.369 e. The molecule has 0 saturated heterocycles. The van der Waals surface area contributed by atoms with Crippen molar-refractivity contribution >= 4 is 11.7 Å². The van der Waals surface area contributed by atoms with Crippen LogP contribution in [-0.4, -0.2) is 39.7 Å². The fourth-order valence-corrected chi connectivity index (χ4v) is 4.18. The molecule has 32 heavy (non-hydrogen) atoms. The van der Waals surface area contributed by atoms with Gasteiger partial charge in [0.1, 0.15) is 17.3 Å². The zero-order chi connectivity index (χ0) is 23.8. The molecule has 9 heteroatoms. The molecular formula is C23H29F3N4O2. The average molecular weight is 451 g/mol. The molecule has 0 spiro atoms. The Bertz CT molecular complexity index is 1040. The second-order valence-corrected chi connectivity index (χ2v) is 9.71. The third-order valence-corrected chi connectivity index (χ3v) is 5.62. The minimum absolute atomic E-state index is 0.0708. The van der Waals surface area contributed by atoms with Gasteiger partial charge in [-0.3, -0.25) is 9.59 Å². The molecule has 6 nitrogen and oxygen atoms in total. The Morgan fingerprint density at radius 2 is 1.78 bits per heavy atom. The first-order valence-corrected chi connectivity index (χ1v) is 10.6. The minimum atomic E-state index is -1.29. The Hall–Kier alpha value is -2.68. The first-order chi connectivity index (χ1) is 14.9. The van der Waals surface area contributed by atoms with Crippen molar-refractivity contribution in [3.8, 4) is 11.4 Å². The highest BCUT2D eigenvalue weighted by Gasteiger charge is 2.31. The number of nitrogens with zero attached hydrogens (tertiary/aromatic N) is 3. The van der Waals surface area contributed by atoms with Crippen molar-refractivity contribution < 1.29 is 22.8 Å². The van der Waals surface area contributed by atoms with E-state index in [-0.39, 0.29) is 34.7 Å². The number of nitrogens with two attached hydrogens (primary N) is 1. The van der Waals surface area contributed by atoms with E-state index in [0.717, 1.165) is 12.6 Å². The van der Waals surface area contributed by atoms with E-state index < -0.39 is 29.3 Å². The van der Waals surface area contributed by atoms with E-state index >= 15 is 0 Å². The van der Waals surface area contributed by atoms with Crippen LogP contribution in [0.15, 0.2) is 12.1 Å². The number of carbonyl (C=O) groups excluding carboxylic acids is 2. The summed E-state index contributed by atoms with van der Waals surface area (Å²) in [5.74, 6) is -5.01. The number of aromatic nitrogens is 2. The summed E-state index contributed by atoms with van der Waals surface area (Å²) in [5, 5.41) is 0. The highest BCUT2D eigenvalue weighted by molar-refractivity contribution is 5.98. The summed E-state index contributed by atoms with van der Waals surface area (Å²) in [4.78, 5) is 31.6. The number of Topliss-reactive ketones (excluding diaryl/α,β-unsaturated/α-hetero) is 1. The quantitative estimate of drug-likeness (QED) is 0.534. The van der Waals surface area contributed by atoms with Crippen molar-refractivity contribution in [1.29, 1.82) is 0 Å². The van der Waals surface area contributed by atoms with Crippen LogP contribution in [-0.2, 0) is 17.9 Å². The number of hydrogen-bond acceptors (Lipinski definition) is 4. The van der Waals surface area contributed by atoms with Crippen molar-refractivity contribution in [2.75, 3.05) is 13.6 Å². The van der Waals surface area contributed by atoms with Crippen LogP contribution in [0, 0.1) is 28.8 Å². The van der Waals surface area contributed by atoms with Gasteiger partial charge in [0.05, 0.1) is 11.3 Å². The number of hydrogen-bond donors (Lipinski definition) is 1. The van der Waals surface area contributed by atoms with Gasteiger partial charge in [-0.1, -0.05) is 20.8 Å². The van der Waals surface area contributed by atoms with Crippen LogP contribution < -0.4 is 5.73 Å². The van der Waals surface area contributed by atoms with E-state index in [4.69, 9.17) is 5.73 Å². The van der Waals surface area contributed by atoms with Crippen molar-refractivity contribution in [3.63, 3.8) is 0 Å². The second-order valence-electron chi connectivity index (χ2n) is 9.71. The van der Waals surface area contributed by atoms with Crippen LogP contribution in [0.25, 0.3) is 11.4 Å². The van der Waals surface area contributed by atoms with Crippen LogP contribution >= 0.6 is 0 Å². The first kappa shape index (κ1) is 24.0. The van der Waals surface area contributed by atoms with Crippen LogP contribution in [0.1, 0.15) is 56.2 Å². The second kappa shape index (κ2) is 9.05. The van der Waals surface area contributed by atoms with Crippen LogP contribution in [0.2, 0.25) is 0 Å². The summed E-state index contributed by atoms with van der Waals surface area (Å²) in [6.45, 7) is 7.41. The number of benzene rings is 1. The highest BCUT2D eigenvalue weighted by Crippen LogP contribution is 2.32. The van der Waals surface area contributed by atoms with Crippen LogP contribution in [0.5, 0.6) is 0 Å². The molecule has 1 amide bonds. The topological polar surface area (TPSA) is 81.2 Å². The monoisotopic (exact) mass is 450 g/mol. The lowest BCUT2D eigenvalue weighted by atomic mass is 9.82. The standard InChI is InChI=1S/C23H29F3N4O2/c1-23(2,3)11-13(21(27)32)8-19(31)20-18-12-29(4)6-5-7-30(18)22(28-20)14-9-16(25)17(26)10-15(14)24/h9-10,13H,5-8,11-12H2,1-4H3,(H2,27,32)/t13-/m0/s1. The number of amides is 1. The molecule has 174 valence electrons. The van der Waals surface area contributed by atoms with Crippen molar-refractivity contribution in [1.82, 2.24) is 14.5 Å². The van der Waals surface area contributed by atoms with E-state index in [9.17, 15) is 22.8 Å². The summed E-state index contributed by atoms with van der Waals surface area (Å²) >= 11 is 0. The Balaban J connectivity index is 2.08. The maximum Gasteiger partial charge on any atom is 0.221 e. The van der Waals surface area contributed by atoms with Gasteiger partial charge in [-0.2, -0.15) is 0 Å². The third-order valence-electron chi connectivity index (χ3n) is 5.62. The molecule has 1 aliphatic heterocycles. The number of carbonyl (C=O) groups is 2. The molecule has 1 aromatic carbocycles. The van der Waals surface area contributed by atoms with E-state index in [1.165, 1.54) is 0 Å². The lowest BCUT2D eigenvalue weighted by Gasteiger charge is -2.23. The van der Waals surface area contributed by atoms with Crippen molar-refractivity contribution in [3.05, 3.63) is 41.0 Å². The van der Waals surface area contributed by atoms with Crippen LogP contribution in [0.4, 0.5) is 13.2 Å². The van der Waals surface area contributed by atoms with Crippen LogP contribution in [0.3, 0.4) is 0 Å². The number of imidazole rings is 1. The molecule has 0 aliphatic carbocycles. The summed E-state index contributed by atoms with van der Waals surface area (Å²) in [5.41, 5.74) is 5.79. The fourth-order valence-electron chi connectivity index (χ4n) is 4.18. The molecule has 3 rings (SSSR count). The van der Waals surface area contributed by atoms with Crippen molar-refractivity contribution in [2.24, 2.45) is 17.1 Å². The zero-order valence-electron chi connectivity index (χ0n) is 18.8. The molecule has 0 unspecified atom stereocenters. The fraction of sp³-hybridized carbons (Fsp3) is 0.522. The van der Waals surface area contributed by atoms with E-state index in [2.05, 4.69) is 4.98 Å². The smallest absolute Gasteiger partial charge is 0.221 e. The Labute approximate surface area is 185 Å². The normalized spacial score (nSPS) is 15.8. The molecule has 2 N–H and O–H groups in total. The summed E-state index contributed by atoms with van der Waals surface area (Å²) in [6, 6.07) is 1.23. The predicted molar refractivity (Wildman–Crippen MR) is 114 cm³/mol. The summed E-state index contributed by atoms with van der Waals surface area (Å²) in [7, 11) is 1.89. The summed E-state index contributed by atoms with van der Waals surface area (Å²) < 4.78 is 43.6. The molecule has 0 saturated carbocycles. The van der Waals surface area contributed by atoms with E-state index in [1.807, 2.05) is 32.7 Å². The number of primary amides is 1. The van der Waals surface area contributed by atoms with Gasteiger partial charge >= 0.3 is 0 Å². The van der Waals surface area contributed by atoms with Gasteiger partial charge in [-0.15, -0.1) is 0 Å². The lowest BCUT2D eigenvalue weighted by molar-refractivity contribution is -0.122. The van der Waals surface area contributed by atoms with E-state index in [0.29, 0.717) is 37.7 Å². The Morgan fingerprint density at radius 3 is 2.41 bits per heavy atom. The molecule has 0 radical (unpaired) electrons. The van der Waals surface area contributed by atoms with Gasteiger partial charge < -0.3 is 15.2 Å². The van der Waals surface area contributed by atoms with Gasteiger partial charge in [0.2, 0.25) is 5.91 Å². The molecule has 0 bridgehead atoms. The maximum absolute atomic E-state index is 14.6. The number of rotatable bonds is 6. The zero-order valence-corrected chi connectivity index (χ0v) is 18.8. The SMILES string of the molecule is CN1CCCn2c(-c3cc(F)c(F)cc3F)nc(C(=O)C[C@@H](CC(C)(C)C)C(N)=O)c2C1. The average Bonchev–Trinajstić information content (AvgIpc) is 2.89. The minimum Gasteiger partial charge on any atom is -0.369 e. The number of fused-ring (bicyclic) bond motifs is 1. The molecule has 2 heterocycles. The lowest BCUT2D eigenvalue weighted by Crippen LogP contribution is -2.30. The molecule has 1 aliphatic rings. The number of ketones is 1. The predicted octanol–water partition coefficient (Wildman–Crippen LogP) is 3.91. The molecule has 2 aromatic rings. The van der Waals surface area contributed by atoms with Crippen molar-refractivity contribution in [2.45, 2.75) is 53.1 Å². The highest BCUT2D eigenvalue weighted by atomic mass is 19.2. The van der Waals surface area contributed by atoms with Gasteiger partial charge in [0, 0.05) is 31.5 Å². The molecule has 1 atom stereocenters. The van der Waals surface area contributed by atoms with Gasteiger partial charge in [0.15, 0.2) is 17.4 Å². The molecule has 1 aromatic heterocycles. The first-order valence-electron chi connectivity index (χ1n) is 10.6. The Kier molecular flexibility index (Phi) is 6.78.